The average molecular weight is 693 g/mol. The fraction of sp³-hybridized carbons (Fsp3) is 0. The topological polar surface area (TPSA) is 38.5 Å². The SMILES string of the molecule is O=[N+](O[P+](c1ccccc1)(c1ccccc1)c1ccccc1)O[P+](c1ccccc1)(c1ccccc1)c1ccccc1.[Pd]. The Balaban J connectivity index is 0.00000368. The van der Waals surface area contributed by atoms with Crippen LogP contribution in [-0.2, 0) is 29.7 Å². The Morgan fingerprint density at radius 3 is 0.651 bits per heavy atom. The van der Waals surface area contributed by atoms with Crippen molar-refractivity contribution in [2.24, 2.45) is 0 Å². The molecule has 0 N–H and O–H groups in total. The molecule has 0 fully saturated rings. The summed E-state index contributed by atoms with van der Waals surface area (Å²) in [5.74, 6) is 0. The van der Waals surface area contributed by atoms with Crippen molar-refractivity contribution in [3.63, 3.8) is 0 Å². The Morgan fingerprint density at radius 1 is 0.326 bits per heavy atom. The molecule has 0 saturated heterocycles. The Morgan fingerprint density at radius 2 is 0.488 bits per heavy atom. The van der Waals surface area contributed by atoms with Gasteiger partial charge < -0.3 is 0 Å². The molecular weight excluding hydrogens is 663 g/mol. The van der Waals surface area contributed by atoms with Crippen molar-refractivity contribution < 1.29 is 34.8 Å². The van der Waals surface area contributed by atoms with E-state index in [4.69, 9.17) is 9.25 Å². The van der Waals surface area contributed by atoms with Crippen molar-refractivity contribution in [1.29, 1.82) is 0 Å². The molecule has 0 heterocycles. The summed E-state index contributed by atoms with van der Waals surface area (Å²) in [5, 5.41) is 5.86. The van der Waals surface area contributed by atoms with Gasteiger partial charge in [0.25, 0.3) is 0 Å². The number of hydrogen-bond acceptors (Lipinski definition) is 3. The van der Waals surface area contributed by atoms with Crippen LogP contribution in [0.2, 0.25) is 0 Å². The van der Waals surface area contributed by atoms with Crippen molar-refractivity contribution in [3.8, 4) is 0 Å². The van der Waals surface area contributed by atoms with Crippen molar-refractivity contribution in [3.05, 3.63) is 187 Å². The zero-order valence-electron chi connectivity index (χ0n) is 23.2. The molecule has 4 nitrogen and oxygen atoms in total. The number of nitrogens with zero attached hydrogens (tertiary/aromatic N) is 1. The van der Waals surface area contributed by atoms with Crippen LogP contribution in [0.3, 0.4) is 0 Å². The minimum Gasteiger partial charge on any atom is -0.0620 e. The van der Waals surface area contributed by atoms with Gasteiger partial charge in [-0.05, 0) is 82.0 Å². The second-order valence-electron chi connectivity index (χ2n) is 9.62. The van der Waals surface area contributed by atoms with Crippen LogP contribution in [0.25, 0.3) is 0 Å². The summed E-state index contributed by atoms with van der Waals surface area (Å²) < 4.78 is 13.4. The molecule has 214 valence electrons. The van der Waals surface area contributed by atoms with Crippen LogP contribution in [0.5, 0.6) is 0 Å². The summed E-state index contributed by atoms with van der Waals surface area (Å²) in [6.07, 6.45) is 0. The second-order valence-corrected chi connectivity index (χ2v) is 15.5. The maximum atomic E-state index is 14.4. The molecule has 6 rings (SSSR count). The zero-order valence-corrected chi connectivity index (χ0v) is 26.5. The van der Waals surface area contributed by atoms with E-state index in [0.717, 1.165) is 31.8 Å². The molecule has 6 aromatic rings. The first-order chi connectivity index (χ1) is 20.7. The van der Waals surface area contributed by atoms with Crippen LogP contribution in [-0.4, -0.2) is 5.09 Å². The van der Waals surface area contributed by atoms with E-state index in [1.807, 2.05) is 182 Å². The first-order valence-electron chi connectivity index (χ1n) is 13.7. The van der Waals surface area contributed by atoms with Crippen molar-refractivity contribution >= 4 is 46.8 Å². The summed E-state index contributed by atoms with van der Waals surface area (Å²) in [7, 11) is -5.93. The summed E-state index contributed by atoms with van der Waals surface area (Å²) in [4.78, 5) is 14.4. The third-order valence-electron chi connectivity index (χ3n) is 7.10. The van der Waals surface area contributed by atoms with Crippen molar-refractivity contribution in [2.75, 3.05) is 0 Å². The smallest absolute Gasteiger partial charge is 0.0620 e. The summed E-state index contributed by atoms with van der Waals surface area (Å²) in [6.45, 7) is 0. The molecule has 0 aliphatic rings. The van der Waals surface area contributed by atoms with E-state index in [2.05, 4.69) is 0 Å². The largest absolute Gasteiger partial charge is 0.555 e. The fourth-order valence-electron chi connectivity index (χ4n) is 5.22. The minimum absolute atomic E-state index is 0. The van der Waals surface area contributed by atoms with Gasteiger partial charge in [0, 0.05) is 20.4 Å². The Hall–Kier alpha value is -3.96. The average Bonchev–Trinajstić information content (AvgIpc) is 3.08. The number of hydrogen-bond donors (Lipinski definition) is 0. The van der Waals surface area contributed by atoms with E-state index < -0.39 is 15.0 Å². The van der Waals surface area contributed by atoms with E-state index in [1.54, 1.807) is 0 Å². The van der Waals surface area contributed by atoms with Crippen LogP contribution in [0.1, 0.15) is 0 Å². The van der Waals surface area contributed by atoms with Gasteiger partial charge in [0.1, 0.15) is 36.7 Å². The van der Waals surface area contributed by atoms with Gasteiger partial charge in [0.15, 0.2) is 0 Å². The van der Waals surface area contributed by atoms with Gasteiger partial charge >= 0.3 is 20.1 Å². The number of benzene rings is 6. The van der Waals surface area contributed by atoms with Gasteiger partial charge in [-0.2, -0.15) is 0 Å². The van der Waals surface area contributed by atoms with E-state index in [1.165, 1.54) is 0 Å². The zero-order chi connectivity index (χ0) is 28.7. The normalized spacial score (nSPS) is 11.2. The molecule has 0 unspecified atom stereocenters. The third kappa shape index (κ3) is 6.10. The second kappa shape index (κ2) is 14.0. The molecule has 0 aromatic heterocycles. The van der Waals surface area contributed by atoms with Crippen LogP contribution in [0, 0.1) is 4.91 Å². The Kier molecular flexibility index (Phi) is 9.94. The minimum atomic E-state index is -2.96. The molecule has 6 aromatic carbocycles. The maximum absolute atomic E-state index is 14.4. The fourth-order valence-corrected chi connectivity index (χ4v) is 11.6. The molecule has 0 aliphatic heterocycles. The van der Waals surface area contributed by atoms with Gasteiger partial charge in [-0.25, -0.2) is 0 Å². The molecule has 0 spiro atoms. The van der Waals surface area contributed by atoms with E-state index in [9.17, 15) is 4.91 Å². The third-order valence-corrected chi connectivity index (χ3v) is 14.0. The maximum Gasteiger partial charge on any atom is 0.555 e. The summed E-state index contributed by atoms with van der Waals surface area (Å²) in [6, 6.07) is 59.8. The molecule has 0 saturated carbocycles. The molecule has 0 radical (unpaired) electrons. The molecular formula is C36H30NO3P2Pd+3. The Bertz CT molecular complexity index is 1410. The van der Waals surface area contributed by atoms with Crippen LogP contribution in [0.15, 0.2) is 182 Å². The van der Waals surface area contributed by atoms with Crippen LogP contribution in [0.4, 0.5) is 0 Å². The van der Waals surface area contributed by atoms with Crippen LogP contribution >= 0.6 is 15.0 Å². The van der Waals surface area contributed by atoms with Gasteiger partial charge in [0.05, 0.1) is 0 Å². The van der Waals surface area contributed by atoms with Crippen LogP contribution < -0.4 is 31.8 Å². The van der Waals surface area contributed by atoms with E-state index in [0.29, 0.717) is 5.09 Å². The molecule has 43 heavy (non-hydrogen) atoms. The molecule has 0 amide bonds. The molecule has 7 heteroatoms. The quantitative estimate of drug-likeness (QED) is 0.0943. The molecule has 0 aliphatic carbocycles. The van der Waals surface area contributed by atoms with Gasteiger partial charge in [0.2, 0.25) is 0 Å². The molecule has 0 bridgehead atoms. The van der Waals surface area contributed by atoms with Gasteiger partial charge in [-0.15, -0.1) is 0 Å². The first-order valence-corrected chi connectivity index (χ1v) is 17.1. The summed E-state index contributed by atoms with van der Waals surface area (Å²) >= 11 is 0. The summed E-state index contributed by atoms with van der Waals surface area (Å²) in [5.41, 5.74) is 0. The van der Waals surface area contributed by atoms with Gasteiger partial charge in [-0.3, -0.25) is 0 Å². The Labute approximate surface area is 267 Å². The standard InChI is InChI=1S/C36H30NO3P2.Pd/c38-37(39-41(31-19-7-1-8-20-31,32-21-9-2-10-22-32)33-23-11-3-12-24-33)40-42(34-25-13-4-14-26-34,35-27-15-5-16-28-35)36-29-17-6-18-30-36;/h1-30H;/q+3;. The first kappa shape index (κ1) is 30.5. The van der Waals surface area contributed by atoms with Gasteiger partial charge in [-0.1, -0.05) is 109 Å². The molecule has 0 atom stereocenters. The van der Waals surface area contributed by atoms with Crippen molar-refractivity contribution in [2.45, 2.75) is 0 Å². The predicted molar refractivity (Wildman–Crippen MR) is 176 cm³/mol. The van der Waals surface area contributed by atoms with E-state index in [-0.39, 0.29) is 20.4 Å². The number of rotatable bonds is 10. The van der Waals surface area contributed by atoms with Crippen molar-refractivity contribution in [1.82, 2.24) is 0 Å². The predicted octanol–water partition coefficient (Wildman–Crippen LogP) is 6.44. The monoisotopic (exact) mass is 692 g/mol. The van der Waals surface area contributed by atoms with E-state index >= 15 is 0 Å².